The zero-order valence-corrected chi connectivity index (χ0v) is 10.00. The van der Waals surface area contributed by atoms with E-state index in [9.17, 15) is 5.11 Å². The Hall–Kier alpha value is -1.39. The molecule has 0 fully saturated rings. The van der Waals surface area contributed by atoms with Crippen LogP contribution in [-0.4, -0.2) is 16.8 Å². The van der Waals surface area contributed by atoms with Crippen LogP contribution in [0.15, 0.2) is 36.4 Å². The first-order chi connectivity index (χ1) is 7.76. The Labute approximate surface area is 101 Å². The summed E-state index contributed by atoms with van der Waals surface area (Å²) in [6, 6.07) is 7.59. The number of nitrogens with one attached hydrogen (secondary N) is 2. The molecule has 0 aliphatic heterocycles. The minimum absolute atomic E-state index is 0.570. The zero-order chi connectivity index (χ0) is 11.8. The summed E-state index contributed by atoms with van der Waals surface area (Å²) in [5, 5.41) is 15.6. The standard InChI is InChI=1S/C12H16N2OS/c1-2-3-7-12(15)14-11-6-4-5-10(8-11)13-9-16/h2-6,8-9,12,14-15H,7H2,1H3,(H,13,16)/b3-2-. The van der Waals surface area contributed by atoms with Gasteiger partial charge in [0.25, 0.3) is 0 Å². The van der Waals surface area contributed by atoms with Crippen molar-refractivity contribution in [2.45, 2.75) is 19.6 Å². The van der Waals surface area contributed by atoms with Crippen LogP contribution in [0.1, 0.15) is 13.3 Å². The molecule has 3 nitrogen and oxygen atoms in total. The first kappa shape index (κ1) is 12.7. The molecule has 1 rings (SSSR count). The lowest BCUT2D eigenvalue weighted by molar-refractivity contribution is 0.207. The summed E-state index contributed by atoms with van der Waals surface area (Å²) < 4.78 is 0. The summed E-state index contributed by atoms with van der Waals surface area (Å²) in [5.74, 6) is 0. The molecule has 1 atom stereocenters. The van der Waals surface area contributed by atoms with E-state index in [1.165, 1.54) is 5.49 Å². The van der Waals surface area contributed by atoms with Gasteiger partial charge in [-0.15, -0.1) is 0 Å². The van der Waals surface area contributed by atoms with Crippen molar-refractivity contribution in [3.63, 3.8) is 0 Å². The average Bonchev–Trinajstić information content (AvgIpc) is 2.27. The second-order valence-electron chi connectivity index (χ2n) is 3.31. The summed E-state index contributed by atoms with van der Waals surface area (Å²) in [5.41, 5.74) is 3.21. The molecule has 1 aromatic rings. The molecule has 0 aliphatic rings. The maximum atomic E-state index is 9.64. The van der Waals surface area contributed by atoms with Gasteiger partial charge in [0.2, 0.25) is 0 Å². The molecule has 1 unspecified atom stereocenters. The van der Waals surface area contributed by atoms with Gasteiger partial charge < -0.3 is 15.7 Å². The SMILES string of the molecule is C/C=C\CC(O)Nc1cccc(NC=S)c1. The first-order valence-electron chi connectivity index (χ1n) is 5.12. The average molecular weight is 236 g/mol. The van der Waals surface area contributed by atoms with Gasteiger partial charge in [-0.3, -0.25) is 0 Å². The third-order valence-electron chi connectivity index (χ3n) is 2.02. The minimum Gasteiger partial charge on any atom is -0.373 e. The van der Waals surface area contributed by atoms with Gasteiger partial charge in [-0.05, 0) is 25.1 Å². The fourth-order valence-electron chi connectivity index (χ4n) is 1.28. The van der Waals surface area contributed by atoms with Crippen molar-refractivity contribution in [2.24, 2.45) is 0 Å². The van der Waals surface area contributed by atoms with Crippen molar-refractivity contribution in [2.75, 3.05) is 10.6 Å². The molecular weight excluding hydrogens is 220 g/mol. The summed E-state index contributed by atoms with van der Waals surface area (Å²) in [4.78, 5) is 0. The molecule has 0 radical (unpaired) electrons. The number of aliphatic hydroxyl groups excluding tert-OH is 1. The van der Waals surface area contributed by atoms with E-state index in [1.807, 2.05) is 43.3 Å². The first-order valence-corrected chi connectivity index (χ1v) is 5.59. The van der Waals surface area contributed by atoms with Crippen molar-refractivity contribution in [3.8, 4) is 0 Å². The molecule has 0 saturated heterocycles. The number of hydrogen-bond acceptors (Lipinski definition) is 3. The third-order valence-corrected chi connectivity index (χ3v) is 2.13. The van der Waals surface area contributed by atoms with E-state index in [1.54, 1.807) is 0 Å². The highest BCUT2D eigenvalue weighted by Gasteiger charge is 2.01. The van der Waals surface area contributed by atoms with E-state index in [-0.39, 0.29) is 0 Å². The Morgan fingerprint density at radius 2 is 2.19 bits per heavy atom. The van der Waals surface area contributed by atoms with Crippen molar-refractivity contribution < 1.29 is 5.11 Å². The predicted molar refractivity (Wildman–Crippen MR) is 72.8 cm³/mol. The number of anilines is 2. The third kappa shape index (κ3) is 4.42. The van der Waals surface area contributed by atoms with E-state index in [2.05, 4.69) is 10.6 Å². The number of hydrogen-bond donors (Lipinski definition) is 3. The van der Waals surface area contributed by atoms with Gasteiger partial charge >= 0.3 is 0 Å². The van der Waals surface area contributed by atoms with Crippen molar-refractivity contribution in [3.05, 3.63) is 36.4 Å². The molecule has 0 saturated carbocycles. The van der Waals surface area contributed by atoms with Crippen LogP contribution in [0.4, 0.5) is 11.4 Å². The topological polar surface area (TPSA) is 44.3 Å². The normalized spacial score (nSPS) is 12.4. The monoisotopic (exact) mass is 236 g/mol. The molecular formula is C12H16N2OS. The van der Waals surface area contributed by atoms with Crippen LogP contribution in [0.3, 0.4) is 0 Å². The second-order valence-corrected chi connectivity index (χ2v) is 3.54. The molecule has 4 heteroatoms. The number of aliphatic hydroxyl groups is 1. The van der Waals surface area contributed by atoms with Crippen LogP contribution in [-0.2, 0) is 0 Å². The molecule has 0 heterocycles. The zero-order valence-electron chi connectivity index (χ0n) is 9.18. The summed E-state index contributed by atoms with van der Waals surface area (Å²) in [6.07, 6.45) is 3.84. The molecule has 86 valence electrons. The van der Waals surface area contributed by atoms with Gasteiger partial charge in [-0.2, -0.15) is 0 Å². The smallest absolute Gasteiger partial charge is 0.127 e. The van der Waals surface area contributed by atoms with E-state index in [4.69, 9.17) is 12.2 Å². The van der Waals surface area contributed by atoms with Crippen molar-refractivity contribution in [1.82, 2.24) is 0 Å². The Morgan fingerprint density at radius 1 is 1.44 bits per heavy atom. The number of thiocarbonyl (C=S) groups is 1. The highest BCUT2D eigenvalue weighted by Crippen LogP contribution is 2.15. The fraction of sp³-hybridized carbons (Fsp3) is 0.250. The van der Waals surface area contributed by atoms with E-state index < -0.39 is 6.23 Å². The lowest BCUT2D eigenvalue weighted by Gasteiger charge is -2.13. The van der Waals surface area contributed by atoms with Crippen LogP contribution < -0.4 is 10.6 Å². The maximum absolute atomic E-state index is 9.64. The van der Waals surface area contributed by atoms with Crippen molar-refractivity contribution >= 4 is 29.1 Å². The Balaban J connectivity index is 2.58. The Morgan fingerprint density at radius 3 is 2.88 bits per heavy atom. The number of allylic oxidation sites excluding steroid dienone is 1. The molecule has 0 amide bonds. The van der Waals surface area contributed by atoms with Gasteiger partial charge in [0.15, 0.2) is 0 Å². The number of benzene rings is 1. The molecule has 0 aliphatic carbocycles. The number of rotatable bonds is 6. The summed E-state index contributed by atoms with van der Waals surface area (Å²) in [7, 11) is 0. The predicted octanol–water partition coefficient (Wildman–Crippen LogP) is 2.75. The maximum Gasteiger partial charge on any atom is 0.127 e. The Kier molecular flexibility index (Phi) is 5.53. The quantitative estimate of drug-likeness (QED) is 0.404. The molecule has 3 N–H and O–H groups in total. The molecule has 0 bridgehead atoms. The second kappa shape index (κ2) is 6.98. The lowest BCUT2D eigenvalue weighted by atomic mass is 10.2. The van der Waals surface area contributed by atoms with Crippen LogP contribution in [0.25, 0.3) is 0 Å². The Bertz CT molecular complexity index is 366. The highest BCUT2D eigenvalue weighted by atomic mass is 32.1. The summed E-state index contributed by atoms with van der Waals surface area (Å²) in [6.45, 7) is 1.93. The lowest BCUT2D eigenvalue weighted by Crippen LogP contribution is -2.17. The highest BCUT2D eigenvalue weighted by molar-refractivity contribution is 7.79. The van der Waals surface area contributed by atoms with Gasteiger partial charge in [0.05, 0.1) is 5.49 Å². The summed E-state index contributed by atoms with van der Waals surface area (Å²) >= 11 is 4.71. The van der Waals surface area contributed by atoms with E-state index >= 15 is 0 Å². The molecule has 1 aromatic carbocycles. The molecule has 0 spiro atoms. The largest absolute Gasteiger partial charge is 0.373 e. The van der Waals surface area contributed by atoms with Gasteiger partial charge in [0.1, 0.15) is 6.23 Å². The van der Waals surface area contributed by atoms with Crippen LogP contribution in [0.2, 0.25) is 0 Å². The fourth-order valence-corrected chi connectivity index (χ4v) is 1.42. The minimum atomic E-state index is -0.570. The van der Waals surface area contributed by atoms with Crippen LogP contribution >= 0.6 is 12.2 Å². The molecule has 16 heavy (non-hydrogen) atoms. The van der Waals surface area contributed by atoms with Crippen LogP contribution in [0.5, 0.6) is 0 Å². The molecule has 0 aromatic heterocycles. The van der Waals surface area contributed by atoms with Gasteiger partial charge in [-0.25, -0.2) is 0 Å². The van der Waals surface area contributed by atoms with Gasteiger partial charge in [0, 0.05) is 17.8 Å². The van der Waals surface area contributed by atoms with Crippen molar-refractivity contribution in [1.29, 1.82) is 0 Å². The van der Waals surface area contributed by atoms with E-state index in [0.717, 1.165) is 11.4 Å². The van der Waals surface area contributed by atoms with E-state index in [0.29, 0.717) is 6.42 Å². The van der Waals surface area contributed by atoms with Crippen LogP contribution in [0, 0.1) is 0 Å². The van der Waals surface area contributed by atoms with Gasteiger partial charge in [-0.1, -0.05) is 30.4 Å².